The van der Waals surface area contributed by atoms with Crippen molar-refractivity contribution >= 4 is 21.8 Å². The second-order valence-electron chi connectivity index (χ2n) is 7.52. The molecule has 9 nitrogen and oxygen atoms in total. The fourth-order valence-electron chi connectivity index (χ4n) is 3.41. The van der Waals surface area contributed by atoms with Crippen molar-refractivity contribution in [1.29, 1.82) is 0 Å². The van der Waals surface area contributed by atoms with Gasteiger partial charge in [0.25, 0.3) is 17.9 Å². The summed E-state index contributed by atoms with van der Waals surface area (Å²) < 4.78 is 43.1. The van der Waals surface area contributed by atoms with Gasteiger partial charge >= 0.3 is 0 Å². The molecule has 0 aliphatic rings. The number of carbonyl (C=O) groups is 1. The predicted octanol–water partition coefficient (Wildman–Crippen LogP) is 3.75. The largest absolute Gasteiger partial charge is 0.344 e. The smallest absolute Gasteiger partial charge is 0.285 e. The van der Waals surface area contributed by atoms with E-state index in [0.29, 0.717) is 11.3 Å². The van der Waals surface area contributed by atoms with Crippen LogP contribution < -0.4 is 10.9 Å². The molecule has 0 unspecified atom stereocenters. The van der Waals surface area contributed by atoms with Gasteiger partial charge in [-0.2, -0.15) is 9.78 Å². The van der Waals surface area contributed by atoms with Crippen LogP contribution in [0.25, 0.3) is 16.9 Å². The standard InChI is InChI=1S/C22H17BrF3N7O2/c1-11(14-4-3-5-15(19(14)24)20(25)26)29-21(34)17-7-16(23)22(35)33(30-17)13-6-12(8-27-9-13)18-10-28-31-32(18)2/h3-11,20H,1-2H3,(H,29,34)/t11-/m1/s1. The van der Waals surface area contributed by atoms with E-state index in [9.17, 15) is 22.8 Å². The van der Waals surface area contributed by atoms with Gasteiger partial charge in [0, 0.05) is 24.4 Å². The summed E-state index contributed by atoms with van der Waals surface area (Å²) in [6.45, 7) is 1.45. The Morgan fingerprint density at radius 3 is 2.57 bits per heavy atom. The number of alkyl halides is 2. The third-order valence-corrected chi connectivity index (χ3v) is 5.75. The number of amides is 1. The zero-order valence-electron chi connectivity index (χ0n) is 18.3. The average molecular weight is 548 g/mol. The number of hydrogen-bond acceptors (Lipinski definition) is 6. The lowest BCUT2D eigenvalue weighted by molar-refractivity contribution is 0.0932. The lowest BCUT2D eigenvalue weighted by Gasteiger charge is -2.17. The molecule has 0 spiro atoms. The molecule has 1 amide bonds. The number of carbonyl (C=O) groups excluding carboxylic acids is 1. The highest BCUT2D eigenvalue weighted by atomic mass is 79.9. The maximum atomic E-state index is 14.5. The minimum atomic E-state index is -2.99. The molecule has 3 aromatic heterocycles. The number of pyridine rings is 1. The Bertz CT molecular complexity index is 1470. The van der Waals surface area contributed by atoms with Crippen LogP contribution in [-0.4, -0.2) is 35.7 Å². The van der Waals surface area contributed by atoms with E-state index >= 15 is 0 Å². The zero-order chi connectivity index (χ0) is 25.3. The molecule has 13 heteroatoms. The van der Waals surface area contributed by atoms with Crippen molar-refractivity contribution in [3.05, 3.63) is 86.4 Å². The van der Waals surface area contributed by atoms with Crippen molar-refractivity contribution in [3.8, 4) is 16.9 Å². The number of hydrogen-bond donors (Lipinski definition) is 1. The first-order chi connectivity index (χ1) is 16.7. The lowest BCUT2D eigenvalue weighted by atomic mass is 10.0. The van der Waals surface area contributed by atoms with Gasteiger partial charge in [0.1, 0.15) is 5.82 Å². The molecule has 1 atom stereocenters. The topological polar surface area (TPSA) is 108 Å². The van der Waals surface area contributed by atoms with Crippen molar-refractivity contribution < 1.29 is 18.0 Å². The van der Waals surface area contributed by atoms with Crippen LogP contribution in [0.3, 0.4) is 0 Å². The van der Waals surface area contributed by atoms with Crippen molar-refractivity contribution in [1.82, 2.24) is 35.1 Å². The van der Waals surface area contributed by atoms with Crippen molar-refractivity contribution in [2.45, 2.75) is 19.4 Å². The molecular weight excluding hydrogens is 531 g/mol. The van der Waals surface area contributed by atoms with E-state index in [4.69, 9.17) is 0 Å². The zero-order valence-corrected chi connectivity index (χ0v) is 19.9. The normalized spacial score (nSPS) is 12.1. The molecule has 0 aliphatic carbocycles. The first-order valence-electron chi connectivity index (χ1n) is 10.1. The highest BCUT2D eigenvalue weighted by Gasteiger charge is 2.22. The Morgan fingerprint density at radius 2 is 1.89 bits per heavy atom. The molecule has 35 heavy (non-hydrogen) atoms. The Balaban J connectivity index is 1.66. The summed E-state index contributed by atoms with van der Waals surface area (Å²) in [7, 11) is 1.70. The van der Waals surface area contributed by atoms with Crippen molar-refractivity contribution in [2.75, 3.05) is 0 Å². The second-order valence-corrected chi connectivity index (χ2v) is 8.37. The van der Waals surface area contributed by atoms with Gasteiger partial charge in [-0.1, -0.05) is 23.4 Å². The fourth-order valence-corrected chi connectivity index (χ4v) is 3.79. The van der Waals surface area contributed by atoms with Gasteiger partial charge in [0.2, 0.25) is 0 Å². The SMILES string of the molecule is C[C@@H](NC(=O)c1cc(Br)c(=O)n(-c2cncc(-c3cnnn3C)c2)n1)c1cccc(C(F)F)c1F. The molecule has 3 heterocycles. The van der Waals surface area contributed by atoms with E-state index in [-0.39, 0.29) is 21.4 Å². The Hall–Kier alpha value is -3.87. The van der Waals surface area contributed by atoms with Gasteiger partial charge in [0.05, 0.1) is 39.9 Å². The summed E-state index contributed by atoms with van der Waals surface area (Å²) in [5.74, 6) is -1.84. The summed E-state index contributed by atoms with van der Waals surface area (Å²) in [6, 6.07) is 5.47. The number of benzene rings is 1. The highest BCUT2D eigenvalue weighted by molar-refractivity contribution is 9.10. The minimum absolute atomic E-state index is 0.0452. The maximum absolute atomic E-state index is 14.5. The van der Waals surface area contributed by atoms with E-state index in [1.807, 2.05) is 0 Å². The van der Waals surface area contributed by atoms with Crippen LogP contribution in [0.15, 0.2) is 58.2 Å². The molecule has 1 aromatic carbocycles. The maximum Gasteiger partial charge on any atom is 0.285 e. The van der Waals surface area contributed by atoms with E-state index in [0.717, 1.165) is 10.7 Å². The average Bonchev–Trinajstić information content (AvgIpc) is 3.26. The van der Waals surface area contributed by atoms with E-state index < -0.39 is 35.3 Å². The van der Waals surface area contributed by atoms with Gasteiger partial charge in [-0.15, -0.1) is 5.10 Å². The van der Waals surface area contributed by atoms with Crippen LogP contribution in [0, 0.1) is 5.82 Å². The van der Waals surface area contributed by atoms with Crippen LogP contribution in [0.5, 0.6) is 0 Å². The molecule has 0 radical (unpaired) electrons. The summed E-state index contributed by atoms with van der Waals surface area (Å²) in [4.78, 5) is 29.8. The van der Waals surface area contributed by atoms with Crippen LogP contribution in [0.4, 0.5) is 13.2 Å². The van der Waals surface area contributed by atoms with Crippen molar-refractivity contribution in [3.63, 3.8) is 0 Å². The van der Waals surface area contributed by atoms with Crippen LogP contribution in [0.1, 0.15) is 41.0 Å². The third-order valence-electron chi connectivity index (χ3n) is 5.19. The summed E-state index contributed by atoms with van der Waals surface area (Å²) in [6.07, 6.45) is 1.48. The molecule has 4 rings (SSSR count). The Kier molecular flexibility index (Phi) is 6.78. The predicted molar refractivity (Wildman–Crippen MR) is 123 cm³/mol. The quantitative estimate of drug-likeness (QED) is 0.394. The van der Waals surface area contributed by atoms with E-state index in [1.54, 1.807) is 19.3 Å². The lowest BCUT2D eigenvalue weighted by Crippen LogP contribution is -2.31. The highest BCUT2D eigenvalue weighted by Crippen LogP contribution is 2.27. The fraction of sp³-hybridized carbons (Fsp3) is 0.182. The number of rotatable bonds is 6. The Labute approximate surface area is 204 Å². The van der Waals surface area contributed by atoms with E-state index in [2.05, 4.69) is 41.6 Å². The molecule has 4 aromatic rings. The number of nitrogens with zero attached hydrogens (tertiary/aromatic N) is 6. The summed E-state index contributed by atoms with van der Waals surface area (Å²) in [5, 5.41) is 14.3. The van der Waals surface area contributed by atoms with Gasteiger partial charge < -0.3 is 5.32 Å². The van der Waals surface area contributed by atoms with Crippen LogP contribution >= 0.6 is 15.9 Å². The second kappa shape index (κ2) is 9.78. The summed E-state index contributed by atoms with van der Waals surface area (Å²) >= 11 is 3.14. The first kappa shape index (κ1) is 24.3. The van der Waals surface area contributed by atoms with Gasteiger partial charge in [-0.3, -0.25) is 14.6 Å². The van der Waals surface area contributed by atoms with Gasteiger partial charge in [-0.05, 0) is 35.0 Å². The number of halogens is 4. The number of aromatic nitrogens is 6. The minimum Gasteiger partial charge on any atom is -0.344 e. The molecule has 0 aliphatic heterocycles. The third kappa shape index (κ3) is 4.85. The molecule has 0 bridgehead atoms. The summed E-state index contributed by atoms with van der Waals surface area (Å²) in [5.41, 5.74) is -0.0549. The molecule has 0 fully saturated rings. The van der Waals surface area contributed by atoms with Crippen molar-refractivity contribution in [2.24, 2.45) is 7.05 Å². The monoisotopic (exact) mass is 547 g/mol. The molecular formula is C22H17BrF3N7O2. The van der Waals surface area contributed by atoms with E-state index in [1.165, 1.54) is 42.2 Å². The number of nitrogens with one attached hydrogen (secondary N) is 1. The molecule has 180 valence electrons. The van der Waals surface area contributed by atoms with Gasteiger partial charge in [-0.25, -0.2) is 17.9 Å². The first-order valence-corrected chi connectivity index (χ1v) is 10.9. The number of aryl methyl sites for hydroxylation is 1. The molecule has 0 saturated heterocycles. The Morgan fingerprint density at radius 1 is 1.14 bits per heavy atom. The molecule has 0 saturated carbocycles. The molecule has 1 N–H and O–H groups in total. The van der Waals surface area contributed by atoms with Crippen LogP contribution in [-0.2, 0) is 7.05 Å². The van der Waals surface area contributed by atoms with Crippen LogP contribution in [0.2, 0.25) is 0 Å². The van der Waals surface area contributed by atoms with Gasteiger partial charge in [0.15, 0.2) is 5.69 Å².